The number of nitrogens with one attached hydrogen (secondary N) is 1. The van der Waals surface area contributed by atoms with E-state index >= 15 is 0 Å². The van der Waals surface area contributed by atoms with Gasteiger partial charge in [0.2, 0.25) is 5.91 Å². The maximum absolute atomic E-state index is 12.3. The number of carbonyl (C=O) groups is 2. The van der Waals surface area contributed by atoms with E-state index in [1.165, 1.54) is 0 Å². The summed E-state index contributed by atoms with van der Waals surface area (Å²) in [6.45, 7) is 2.74. The van der Waals surface area contributed by atoms with Gasteiger partial charge in [0.15, 0.2) is 0 Å². The van der Waals surface area contributed by atoms with Crippen molar-refractivity contribution in [2.45, 2.75) is 25.8 Å². The van der Waals surface area contributed by atoms with Crippen LogP contribution in [-0.2, 0) is 4.79 Å². The summed E-state index contributed by atoms with van der Waals surface area (Å²) in [5.74, 6) is 0.0590. The molecule has 2 amide bonds. The molecule has 0 aliphatic carbocycles. The second-order valence-corrected chi connectivity index (χ2v) is 6.39. The molecule has 1 aromatic carbocycles. The molecule has 22 heavy (non-hydrogen) atoms. The van der Waals surface area contributed by atoms with Crippen molar-refractivity contribution in [3.63, 3.8) is 0 Å². The van der Waals surface area contributed by atoms with Crippen LogP contribution in [0.3, 0.4) is 0 Å². The predicted molar refractivity (Wildman–Crippen MR) is 88.2 cm³/mol. The molecule has 1 fully saturated rings. The summed E-state index contributed by atoms with van der Waals surface area (Å²) in [5.41, 5.74) is 1.48. The van der Waals surface area contributed by atoms with Gasteiger partial charge in [0, 0.05) is 29.1 Å². The Morgan fingerprint density at radius 3 is 2.64 bits per heavy atom. The number of nitrogens with zero attached hydrogens (tertiary/aromatic N) is 1. The summed E-state index contributed by atoms with van der Waals surface area (Å²) in [5, 5.41) is 4.99. The van der Waals surface area contributed by atoms with Gasteiger partial charge in [0.05, 0.1) is 6.04 Å². The van der Waals surface area contributed by atoms with Gasteiger partial charge in [0.1, 0.15) is 0 Å². The number of hydrogen-bond acceptors (Lipinski definition) is 3. The fraction of sp³-hybridized carbons (Fsp3) is 0.294. The molecule has 0 saturated carbocycles. The van der Waals surface area contributed by atoms with Crippen LogP contribution in [0.1, 0.15) is 41.0 Å². The lowest BCUT2D eigenvalue weighted by molar-refractivity contribution is -0.117. The highest BCUT2D eigenvalue weighted by Gasteiger charge is 2.21. The Labute approximate surface area is 133 Å². The van der Waals surface area contributed by atoms with E-state index in [2.05, 4.69) is 5.32 Å². The first-order valence-electron chi connectivity index (χ1n) is 7.40. The molecule has 114 valence electrons. The zero-order chi connectivity index (χ0) is 15.5. The van der Waals surface area contributed by atoms with Crippen molar-refractivity contribution in [3.05, 3.63) is 52.2 Å². The molecule has 0 radical (unpaired) electrons. The second-order valence-electron chi connectivity index (χ2n) is 5.41. The summed E-state index contributed by atoms with van der Waals surface area (Å²) in [4.78, 5) is 26.9. The zero-order valence-corrected chi connectivity index (χ0v) is 13.2. The molecule has 5 heteroatoms. The fourth-order valence-electron chi connectivity index (χ4n) is 2.60. The monoisotopic (exact) mass is 314 g/mol. The van der Waals surface area contributed by atoms with Gasteiger partial charge in [-0.3, -0.25) is 9.59 Å². The minimum Gasteiger partial charge on any atom is -0.345 e. The van der Waals surface area contributed by atoms with Gasteiger partial charge in [-0.1, -0.05) is 6.07 Å². The molecule has 1 atom stereocenters. The molecule has 2 aromatic rings. The van der Waals surface area contributed by atoms with Crippen molar-refractivity contribution in [1.29, 1.82) is 0 Å². The first-order chi connectivity index (χ1) is 10.6. The maximum atomic E-state index is 12.3. The number of anilines is 1. The van der Waals surface area contributed by atoms with Gasteiger partial charge in [-0.05, 0) is 49.1 Å². The van der Waals surface area contributed by atoms with E-state index in [4.69, 9.17) is 0 Å². The lowest BCUT2D eigenvalue weighted by Crippen LogP contribution is -2.26. The molecule has 1 N–H and O–H groups in total. The highest BCUT2D eigenvalue weighted by atomic mass is 32.1. The van der Waals surface area contributed by atoms with E-state index < -0.39 is 0 Å². The molecule has 0 bridgehead atoms. The summed E-state index contributed by atoms with van der Waals surface area (Å²) < 4.78 is 0. The van der Waals surface area contributed by atoms with Gasteiger partial charge in [-0.25, -0.2) is 0 Å². The van der Waals surface area contributed by atoms with Crippen LogP contribution in [0.15, 0.2) is 41.8 Å². The smallest absolute Gasteiger partial charge is 0.251 e. The lowest BCUT2D eigenvalue weighted by atomic mass is 10.1. The third kappa shape index (κ3) is 3.04. The van der Waals surface area contributed by atoms with Crippen LogP contribution in [0.4, 0.5) is 5.69 Å². The maximum Gasteiger partial charge on any atom is 0.251 e. The summed E-state index contributed by atoms with van der Waals surface area (Å²) >= 11 is 1.63. The topological polar surface area (TPSA) is 49.4 Å². The highest BCUT2D eigenvalue weighted by molar-refractivity contribution is 7.10. The molecule has 1 aliphatic heterocycles. The Balaban J connectivity index is 1.67. The lowest BCUT2D eigenvalue weighted by Gasteiger charge is -2.16. The van der Waals surface area contributed by atoms with E-state index in [0.29, 0.717) is 12.0 Å². The Bertz CT molecular complexity index is 664. The van der Waals surface area contributed by atoms with Crippen molar-refractivity contribution in [1.82, 2.24) is 5.32 Å². The third-order valence-corrected chi connectivity index (χ3v) is 4.89. The van der Waals surface area contributed by atoms with Crippen LogP contribution < -0.4 is 10.2 Å². The quantitative estimate of drug-likeness (QED) is 0.940. The van der Waals surface area contributed by atoms with Crippen LogP contribution in [0.25, 0.3) is 0 Å². The summed E-state index contributed by atoms with van der Waals surface area (Å²) in [7, 11) is 0. The van der Waals surface area contributed by atoms with E-state index in [0.717, 1.165) is 23.5 Å². The molecule has 4 nitrogen and oxygen atoms in total. The first-order valence-corrected chi connectivity index (χ1v) is 8.28. The number of amides is 2. The number of rotatable bonds is 4. The molecule has 2 heterocycles. The van der Waals surface area contributed by atoms with E-state index in [-0.39, 0.29) is 17.9 Å². The molecule has 0 unspecified atom stereocenters. The normalized spacial score (nSPS) is 15.9. The molecule has 1 aromatic heterocycles. The van der Waals surface area contributed by atoms with Crippen molar-refractivity contribution in [3.8, 4) is 0 Å². The largest absolute Gasteiger partial charge is 0.345 e. The van der Waals surface area contributed by atoms with Crippen molar-refractivity contribution in [2.75, 3.05) is 11.4 Å². The van der Waals surface area contributed by atoms with Gasteiger partial charge >= 0.3 is 0 Å². The Morgan fingerprint density at radius 1 is 1.27 bits per heavy atom. The number of hydrogen-bond donors (Lipinski definition) is 1. The molecular formula is C17H18N2O2S. The van der Waals surface area contributed by atoms with Crippen LogP contribution >= 0.6 is 11.3 Å². The zero-order valence-electron chi connectivity index (χ0n) is 12.4. The Kier molecular flexibility index (Phi) is 4.24. The molecule has 1 saturated heterocycles. The molecule has 0 spiro atoms. The second kappa shape index (κ2) is 6.32. The van der Waals surface area contributed by atoms with E-state index in [1.807, 2.05) is 36.6 Å². The molecule has 1 aliphatic rings. The summed E-state index contributed by atoms with van der Waals surface area (Å²) in [6.07, 6.45) is 1.51. The van der Waals surface area contributed by atoms with Crippen LogP contribution in [0.2, 0.25) is 0 Å². The standard InChI is InChI=1S/C17H18N2O2S/c1-12(15-4-3-11-22-15)18-17(21)13-6-8-14(9-7-13)19-10-2-5-16(19)20/h3-4,6-9,11-12H,2,5,10H2,1H3,(H,18,21)/t12-/m1/s1. The first kappa shape index (κ1) is 14.8. The Morgan fingerprint density at radius 2 is 2.05 bits per heavy atom. The van der Waals surface area contributed by atoms with Gasteiger partial charge in [-0.2, -0.15) is 0 Å². The van der Waals surface area contributed by atoms with Crippen molar-refractivity contribution >= 4 is 28.8 Å². The number of thiophene rings is 1. The number of carbonyl (C=O) groups excluding carboxylic acids is 2. The van der Waals surface area contributed by atoms with E-state index in [1.54, 1.807) is 28.4 Å². The molecular weight excluding hydrogens is 296 g/mol. The van der Waals surface area contributed by atoms with Crippen LogP contribution in [-0.4, -0.2) is 18.4 Å². The van der Waals surface area contributed by atoms with Crippen molar-refractivity contribution in [2.24, 2.45) is 0 Å². The average molecular weight is 314 g/mol. The van der Waals surface area contributed by atoms with Gasteiger partial charge in [0.25, 0.3) is 5.91 Å². The average Bonchev–Trinajstić information content (AvgIpc) is 3.18. The van der Waals surface area contributed by atoms with Crippen LogP contribution in [0, 0.1) is 0 Å². The molecule has 3 rings (SSSR count). The van der Waals surface area contributed by atoms with Gasteiger partial charge in [-0.15, -0.1) is 11.3 Å². The predicted octanol–water partition coefficient (Wildman–Crippen LogP) is 3.37. The van der Waals surface area contributed by atoms with E-state index in [9.17, 15) is 9.59 Å². The SMILES string of the molecule is C[C@@H](NC(=O)c1ccc(N2CCCC2=O)cc1)c1cccs1. The fourth-order valence-corrected chi connectivity index (χ4v) is 3.34. The minimum absolute atomic E-state index is 0.00710. The summed E-state index contributed by atoms with van der Waals surface area (Å²) in [6, 6.07) is 11.2. The highest BCUT2D eigenvalue weighted by Crippen LogP contribution is 2.22. The minimum atomic E-state index is -0.0970. The number of benzene rings is 1. The van der Waals surface area contributed by atoms with Crippen molar-refractivity contribution < 1.29 is 9.59 Å². The third-order valence-electron chi connectivity index (χ3n) is 3.83. The van der Waals surface area contributed by atoms with Crippen LogP contribution in [0.5, 0.6) is 0 Å². The Hall–Kier alpha value is -2.14. The van der Waals surface area contributed by atoms with Gasteiger partial charge < -0.3 is 10.2 Å².